The molecule has 0 aliphatic rings. The van der Waals surface area contributed by atoms with E-state index >= 15 is 0 Å². The third-order valence-electron chi connectivity index (χ3n) is 2.25. The number of rotatable bonds is 8. The molecule has 0 spiro atoms. The summed E-state index contributed by atoms with van der Waals surface area (Å²) in [7, 11) is 0. The van der Waals surface area contributed by atoms with Gasteiger partial charge in [-0.05, 0) is 13.8 Å². The van der Waals surface area contributed by atoms with Gasteiger partial charge in [-0.2, -0.15) is 0 Å². The predicted molar refractivity (Wildman–Crippen MR) is 69.5 cm³/mol. The van der Waals surface area contributed by atoms with Crippen LogP contribution < -0.4 is 21.7 Å². The Morgan fingerprint density at radius 1 is 1.10 bits per heavy atom. The molecule has 9 nitrogen and oxygen atoms in total. The first kappa shape index (κ1) is 17.8. The first-order valence-corrected chi connectivity index (χ1v) is 6.06. The Morgan fingerprint density at radius 3 is 2.20 bits per heavy atom. The largest absolute Gasteiger partial charge is 0.480 e. The number of aliphatic carboxylic acids is 1. The Bertz CT molecular complexity index is 383. The summed E-state index contributed by atoms with van der Waals surface area (Å²) < 4.78 is 0. The highest BCUT2D eigenvalue weighted by atomic mass is 16.4. The second kappa shape index (κ2) is 8.86. The molecular weight excluding hydrogens is 268 g/mol. The molecule has 0 aromatic heterocycles. The van der Waals surface area contributed by atoms with Crippen molar-refractivity contribution in [2.75, 3.05) is 13.1 Å². The van der Waals surface area contributed by atoms with Crippen molar-refractivity contribution in [1.82, 2.24) is 16.0 Å². The van der Waals surface area contributed by atoms with Crippen LogP contribution in [0.4, 0.5) is 0 Å². The molecule has 0 saturated carbocycles. The molecule has 2 atom stereocenters. The Hall–Kier alpha value is -2.16. The van der Waals surface area contributed by atoms with Crippen LogP contribution in [0.3, 0.4) is 0 Å². The van der Waals surface area contributed by atoms with Crippen LogP contribution in [0, 0.1) is 0 Å². The van der Waals surface area contributed by atoms with E-state index in [-0.39, 0.29) is 18.9 Å². The zero-order chi connectivity index (χ0) is 15.7. The smallest absolute Gasteiger partial charge is 0.322 e. The molecule has 6 N–H and O–H groups in total. The molecule has 0 heterocycles. The normalized spacial score (nSPS) is 12.9. The maximum Gasteiger partial charge on any atom is 0.322 e. The molecule has 0 radical (unpaired) electrons. The molecule has 20 heavy (non-hydrogen) atoms. The molecule has 114 valence electrons. The lowest BCUT2D eigenvalue weighted by atomic mass is 10.2. The van der Waals surface area contributed by atoms with E-state index in [2.05, 4.69) is 16.0 Å². The summed E-state index contributed by atoms with van der Waals surface area (Å²) in [6.07, 6.45) is -0.00495. The van der Waals surface area contributed by atoms with Gasteiger partial charge in [0.05, 0.1) is 6.04 Å². The second-order valence-corrected chi connectivity index (χ2v) is 4.23. The lowest BCUT2D eigenvalue weighted by Crippen LogP contribution is -2.47. The summed E-state index contributed by atoms with van der Waals surface area (Å²) in [6.45, 7) is 2.54. The quantitative estimate of drug-likeness (QED) is 0.334. The van der Waals surface area contributed by atoms with Crippen LogP contribution in [-0.4, -0.2) is 54.0 Å². The van der Waals surface area contributed by atoms with Crippen molar-refractivity contribution in [1.29, 1.82) is 0 Å². The molecular formula is C11H20N4O5. The van der Waals surface area contributed by atoms with Crippen LogP contribution >= 0.6 is 0 Å². The van der Waals surface area contributed by atoms with Crippen molar-refractivity contribution in [2.45, 2.75) is 32.4 Å². The second-order valence-electron chi connectivity index (χ2n) is 4.23. The van der Waals surface area contributed by atoms with Gasteiger partial charge in [0, 0.05) is 13.0 Å². The van der Waals surface area contributed by atoms with Crippen molar-refractivity contribution in [2.24, 2.45) is 5.73 Å². The molecule has 0 unspecified atom stereocenters. The molecule has 0 aliphatic carbocycles. The van der Waals surface area contributed by atoms with E-state index in [1.807, 2.05) is 0 Å². The number of nitrogens with one attached hydrogen (secondary N) is 3. The van der Waals surface area contributed by atoms with Gasteiger partial charge >= 0.3 is 5.97 Å². The number of amides is 3. The minimum absolute atomic E-state index is 0.00495. The third-order valence-corrected chi connectivity index (χ3v) is 2.25. The van der Waals surface area contributed by atoms with Gasteiger partial charge in [-0.25, -0.2) is 0 Å². The SMILES string of the molecule is C[C@H](N)C(=O)NCCC(=O)N[C@@H](C)C(=O)NCC(=O)O. The molecule has 0 aliphatic heterocycles. The van der Waals surface area contributed by atoms with Crippen molar-refractivity contribution < 1.29 is 24.3 Å². The number of hydrogen-bond acceptors (Lipinski definition) is 5. The summed E-state index contributed by atoms with van der Waals surface area (Å²) in [6, 6.07) is -1.51. The van der Waals surface area contributed by atoms with E-state index in [1.54, 1.807) is 0 Å². The highest BCUT2D eigenvalue weighted by molar-refractivity contribution is 5.89. The molecule has 0 fully saturated rings. The summed E-state index contributed by atoms with van der Waals surface area (Å²) in [5.74, 6) is -2.58. The molecule has 3 amide bonds. The van der Waals surface area contributed by atoms with Crippen molar-refractivity contribution in [3.05, 3.63) is 0 Å². The van der Waals surface area contributed by atoms with Gasteiger partial charge in [0.25, 0.3) is 0 Å². The standard InChI is InChI=1S/C11H20N4O5/c1-6(12)10(19)13-4-3-8(16)15-7(2)11(20)14-5-9(17)18/h6-7H,3-5,12H2,1-2H3,(H,13,19)(H,14,20)(H,15,16)(H,17,18)/t6-,7-/m0/s1. The van der Waals surface area contributed by atoms with Gasteiger partial charge in [-0.3, -0.25) is 19.2 Å². The van der Waals surface area contributed by atoms with E-state index in [0.29, 0.717) is 0 Å². The molecule has 0 aromatic carbocycles. The number of hydrogen-bond donors (Lipinski definition) is 5. The van der Waals surface area contributed by atoms with Gasteiger partial charge in [-0.15, -0.1) is 0 Å². The minimum Gasteiger partial charge on any atom is -0.480 e. The highest BCUT2D eigenvalue weighted by Gasteiger charge is 2.16. The maximum atomic E-state index is 11.5. The monoisotopic (exact) mass is 288 g/mol. The van der Waals surface area contributed by atoms with Crippen LogP contribution in [0.5, 0.6) is 0 Å². The van der Waals surface area contributed by atoms with E-state index < -0.39 is 36.4 Å². The molecule has 9 heteroatoms. The highest BCUT2D eigenvalue weighted by Crippen LogP contribution is 1.86. The number of nitrogens with two attached hydrogens (primary N) is 1. The van der Waals surface area contributed by atoms with Crippen molar-refractivity contribution in [3.8, 4) is 0 Å². The topological polar surface area (TPSA) is 151 Å². The molecule has 0 aromatic rings. The number of carbonyl (C=O) groups is 4. The summed E-state index contributed by atoms with van der Waals surface area (Å²) in [5, 5.41) is 15.4. The number of carbonyl (C=O) groups excluding carboxylic acids is 3. The molecule has 0 bridgehead atoms. The lowest BCUT2D eigenvalue weighted by Gasteiger charge is -2.13. The Kier molecular flexibility index (Phi) is 7.90. The van der Waals surface area contributed by atoms with Crippen molar-refractivity contribution in [3.63, 3.8) is 0 Å². The van der Waals surface area contributed by atoms with Crippen LogP contribution in [0.2, 0.25) is 0 Å². The van der Waals surface area contributed by atoms with Crippen LogP contribution in [0.15, 0.2) is 0 Å². The van der Waals surface area contributed by atoms with E-state index in [0.717, 1.165) is 0 Å². The number of carboxylic acids is 1. The molecule has 0 rings (SSSR count). The van der Waals surface area contributed by atoms with Crippen LogP contribution in [0.25, 0.3) is 0 Å². The van der Waals surface area contributed by atoms with Gasteiger partial charge in [-0.1, -0.05) is 0 Å². The van der Waals surface area contributed by atoms with Gasteiger partial charge in [0.1, 0.15) is 12.6 Å². The minimum atomic E-state index is -1.17. The summed E-state index contributed by atoms with van der Waals surface area (Å²) >= 11 is 0. The Balaban J connectivity index is 3.93. The Labute approximate surface area is 116 Å². The van der Waals surface area contributed by atoms with Gasteiger partial charge in [0.2, 0.25) is 17.7 Å². The fourth-order valence-corrected chi connectivity index (χ4v) is 1.16. The summed E-state index contributed by atoms with van der Waals surface area (Å²) in [4.78, 5) is 44.2. The number of carboxylic acid groups (broad SMARTS) is 1. The molecule has 0 saturated heterocycles. The van der Waals surface area contributed by atoms with Gasteiger partial charge < -0.3 is 26.8 Å². The maximum absolute atomic E-state index is 11.5. The van der Waals surface area contributed by atoms with E-state index in [1.165, 1.54) is 13.8 Å². The first-order valence-electron chi connectivity index (χ1n) is 6.06. The predicted octanol–water partition coefficient (Wildman–Crippen LogP) is -2.45. The zero-order valence-corrected chi connectivity index (χ0v) is 11.4. The fourth-order valence-electron chi connectivity index (χ4n) is 1.16. The Morgan fingerprint density at radius 2 is 1.70 bits per heavy atom. The van der Waals surface area contributed by atoms with Crippen molar-refractivity contribution >= 4 is 23.7 Å². The average molecular weight is 288 g/mol. The van der Waals surface area contributed by atoms with E-state index in [4.69, 9.17) is 10.8 Å². The van der Waals surface area contributed by atoms with Crippen LogP contribution in [-0.2, 0) is 19.2 Å². The summed E-state index contributed by atoms with van der Waals surface area (Å²) in [5.41, 5.74) is 5.32. The third kappa shape index (κ3) is 8.03. The average Bonchev–Trinajstić information content (AvgIpc) is 2.35. The van der Waals surface area contributed by atoms with E-state index in [9.17, 15) is 19.2 Å². The first-order chi connectivity index (χ1) is 9.23. The lowest BCUT2D eigenvalue weighted by molar-refractivity contribution is -0.138. The van der Waals surface area contributed by atoms with Crippen LogP contribution in [0.1, 0.15) is 20.3 Å². The fraction of sp³-hybridized carbons (Fsp3) is 0.636. The zero-order valence-electron chi connectivity index (χ0n) is 11.4. The van der Waals surface area contributed by atoms with Gasteiger partial charge in [0.15, 0.2) is 0 Å².